The van der Waals surface area contributed by atoms with Crippen molar-refractivity contribution in [2.45, 2.75) is 44.8 Å². The molecular weight excluding hydrogens is 533 g/mol. The molecule has 0 aliphatic heterocycles. The van der Waals surface area contributed by atoms with Crippen molar-refractivity contribution in [2.24, 2.45) is 16.5 Å². The first-order valence-electron chi connectivity index (χ1n) is 9.72. The van der Waals surface area contributed by atoms with Gasteiger partial charge in [-0.1, -0.05) is 12.1 Å². The molecule has 0 unspecified atom stereocenters. The largest absolute Gasteiger partial charge is 0.478 e. The highest BCUT2D eigenvalue weighted by molar-refractivity contribution is 14.1. The van der Waals surface area contributed by atoms with Gasteiger partial charge in [-0.25, -0.2) is 4.79 Å². The minimum absolute atomic E-state index is 0.0689. The Bertz CT molecular complexity index is 874. The summed E-state index contributed by atoms with van der Waals surface area (Å²) < 4.78 is 5.46. The fraction of sp³-hybridized carbons (Fsp3) is 0.450. The summed E-state index contributed by atoms with van der Waals surface area (Å²) in [6.45, 7) is 1.26. The number of benzene rings is 1. The zero-order valence-electron chi connectivity index (χ0n) is 18.0. The summed E-state index contributed by atoms with van der Waals surface area (Å²) in [5.41, 5.74) is 9.33. The van der Waals surface area contributed by atoms with E-state index in [2.05, 4.69) is 37.6 Å². The molecule has 0 aliphatic carbocycles. The van der Waals surface area contributed by atoms with Crippen molar-refractivity contribution in [1.29, 1.82) is 0 Å². The van der Waals surface area contributed by atoms with Gasteiger partial charge in [-0.3, -0.25) is 29.6 Å². The fourth-order valence-electron chi connectivity index (χ4n) is 3.08. The van der Waals surface area contributed by atoms with E-state index in [1.807, 2.05) is 18.2 Å². The Morgan fingerprint density at radius 1 is 1.25 bits per heavy atom. The Morgan fingerprint density at radius 3 is 2.47 bits per heavy atom. The number of aliphatic carboxylic acids is 1. The van der Waals surface area contributed by atoms with Gasteiger partial charge in [0, 0.05) is 30.0 Å². The molecular formula is C20H28IN5O6. The molecule has 1 atom stereocenters. The summed E-state index contributed by atoms with van der Waals surface area (Å²) >= 11 is 2.12. The lowest BCUT2D eigenvalue weighted by Gasteiger charge is -2.39. The number of carboxylic acid groups (broad SMARTS) is 1. The quantitative estimate of drug-likeness (QED) is 0.0709. The van der Waals surface area contributed by atoms with Crippen LogP contribution in [0.1, 0.15) is 38.2 Å². The number of carboxylic acids is 1. The summed E-state index contributed by atoms with van der Waals surface area (Å²) in [7, 11) is 1.17. The van der Waals surface area contributed by atoms with Gasteiger partial charge in [-0.2, -0.15) is 0 Å². The van der Waals surface area contributed by atoms with Gasteiger partial charge in [0.1, 0.15) is 0 Å². The fourth-order valence-corrected chi connectivity index (χ4v) is 3.68. The topological polar surface area (TPSA) is 177 Å². The number of carbonyl (C=O) groups is 4. The number of imide groups is 1. The second-order valence-corrected chi connectivity index (χ2v) is 8.13. The van der Waals surface area contributed by atoms with E-state index in [1.54, 1.807) is 6.07 Å². The molecule has 0 bridgehead atoms. The number of nitrogens with two attached hydrogens (primary N) is 2. The van der Waals surface area contributed by atoms with Crippen LogP contribution in [0.2, 0.25) is 0 Å². The SMILES string of the molecule is COC(=O)CCC(=O)N(C(C)=O)[C@](CCCN=C(N)N)(NCc1cccc(I)c1)C(=O)O. The zero-order chi connectivity index (χ0) is 24.3. The van der Waals surface area contributed by atoms with Gasteiger partial charge in [0.25, 0.3) is 0 Å². The lowest BCUT2D eigenvalue weighted by Crippen LogP contribution is -2.67. The molecule has 0 aromatic heterocycles. The lowest BCUT2D eigenvalue weighted by atomic mass is 9.99. The second-order valence-electron chi connectivity index (χ2n) is 6.88. The van der Waals surface area contributed by atoms with Crippen LogP contribution in [0.4, 0.5) is 0 Å². The Hall–Kier alpha value is -2.74. The van der Waals surface area contributed by atoms with Crippen LogP contribution in [-0.2, 0) is 30.5 Å². The number of hydrogen-bond donors (Lipinski definition) is 4. The first kappa shape index (κ1) is 27.3. The number of amides is 2. The highest BCUT2D eigenvalue weighted by atomic mass is 127. The highest BCUT2D eigenvalue weighted by Gasteiger charge is 2.48. The summed E-state index contributed by atoms with van der Waals surface area (Å²) in [5, 5.41) is 13.1. The molecule has 11 nitrogen and oxygen atoms in total. The maximum Gasteiger partial charge on any atom is 0.345 e. The Morgan fingerprint density at radius 2 is 1.94 bits per heavy atom. The van der Waals surface area contributed by atoms with Crippen LogP contribution < -0.4 is 16.8 Å². The van der Waals surface area contributed by atoms with E-state index in [0.29, 0.717) is 4.90 Å². The molecule has 32 heavy (non-hydrogen) atoms. The highest BCUT2D eigenvalue weighted by Crippen LogP contribution is 2.23. The maximum atomic E-state index is 12.9. The molecule has 0 fully saturated rings. The molecule has 0 saturated carbocycles. The van der Waals surface area contributed by atoms with Crippen molar-refractivity contribution in [2.75, 3.05) is 13.7 Å². The molecule has 1 aromatic rings. The Labute approximate surface area is 199 Å². The van der Waals surface area contributed by atoms with Gasteiger partial charge >= 0.3 is 11.9 Å². The molecule has 0 radical (unpaired) electrons. The normalized spacial score (nSPS) is 12.3. The number of rotatable bonds is 12. The van der Waals surface area contributed by atoms with Gasteiger partial charge in [0.05, 0.1) is 13.5 Å². The minimum Gasteiger partial charge on any atom is -0.478 e. The predicted molar refractivity (Wildman–Crippen MR) is 125 cm³/mol. The molecule has 2 amide bonds. The summed E-state index contributed by atoms with van der Waals surface area (Å²) in [6.07, 6.45) is -0.677. The van der Waals surface area contributed by atoms with Crippen LogP contribution in [0.25, 0.3) is 0 Å². The summed E-state index contributed by atoms with van der Waals surface area (Å²) in [6, 6.07) is 7.32. The number of ether oxygens (including phenoxy) is 1. The molecule has 0 saturated heterocycles. The average Bonchev–Trinajstić information content (AvgIpc) is 2.72. The van der Waals surface area contributed by atoms with Crippen molar-refractivity contribution in [3.63, 3.8) is 0 Å². The number of esters is 1. The van der Waals surface area contributed by atoms with E-state index in [9.17, 15) is 24.3 Å². The van der Waals surface area contributed by atoms with Gasteiger partial charge in [0.15, 0.2) is 11.6 Å². The van der Waals surface area contributed by atoms with E-state index in [1.165, 1.54) is 7.11 Å². The Balaban J connectivity index is 3.30. The molecule has 0 heterocycles. The van der Waals surface area contributed by atoms with E-state index >= 15 is 0 Å². The summed E-state index contributed by atoms with van der Waals surface area (Å²) in [5.74, 6) is -3.83. The number of nitrogens with one attached hydrogen (secondary N) is 1. The van der Waals surface area contributed by atoms with Gasteiger partial charge in [-0.05, 0) is 53.1 Å². The Kier molecular flexibility index (Phi) is 11.1. The van der Waals surface area contributed by atoms with Crippen molar-refractivity contribution < 1.29 is 29.0 Å². The van der Waals surface area contributed by atoms with Crippen LogP contribution in [0.3, 0.4) is 0 Å². The molecule has 176 valence electrons. The van der Waals surface area contributed by atoms with Gasteiger partial charge < -0.3 is 21.3 Å². The molecule has 1 rings (SSSR count). The van der Waals surface area contributed by atoms with E-state index < -0.39 is 29.4 Å². The van der Waals surface area contributed by atoms with Gasteiger partial charge in [-0.15, -0.1) is 0 Å². The first-order valence-corrected chi connectivity index (χ1v) is 10.8. The third-order valence-electron chi connectivity index (χ3n) is 4.54. The molecule has 12 heteroatoms. The van der Waals surface area contributed by atoms with Crippen LogP contribution >= 0.6 is 22.6 Å². The molecule has 0 spiro atoms. The number of nitrogens with zero attached hydrogens (tertiary/aromatic N) is 2. The number of halogens is 1. The van der Waals surface area contributed by atoms with Gasteiger partial charge in [0.2, 0.25) is 11.8 Å². The van der Waals surface area contributed by atoms with Crippen molar-refractivity contribution in [3.8, 4) is 0 Å². The average molecular weight is 561 g/mol. The standard InChI is InChI=1S/C20H28IN5O6/c1-13(27)26(16(28)7-8-17(29)32-2)20(18(30)31,9-4-10-24-19(22)23)25-12-14-5-3-6-15(21)11-14/h3,5-6,11,25H,4,7-10,12H2,1-2H3,(H,30,31)(H4,22,23,24)/t20-/m0/s1. The van der Waals surface area contributed by atoms with Crippen molar-refractivity contribution >= 4 is 52.3 Å². The number of guanidine groups is 1. The predicted octanol–water partition coefficient (Wildman–Crippen LogP) is 0.544. The number of carbonyl (C=O) groups excluding carboxylic acids is 3. The van der Waals surface area contributed by atoms with E-state index in [4.69, 9.17) is 11.5 Å². The first-order chi connectivity index (χ1) is 15.0. The maximum absolute atomic E-state index is 12.9. The monoisotopic (exact) mass is 561 g/mol. The number of hydrogen-bond acceptors (Lipinski definition) is 7. The smallest absolute Gasteiger partial charge is 0.345 e. The zero-order valence-corrected chi connectivity index (χ0v) is 20.1. The lowest BCUT2D eigenvalue weighted by molar-refractivity contribution is -0.170. The third-order valence-corrected chi connectivity index (χ3v) is 5.21. The third kappa shape index (κ3) is 8.07. The van der Waals surface area contributed by atoms with E-state index in [0.717, 1.165) is 16.1 Å². The number of aliphatic imine (C=N–C) groups is 1. The van der Waals surface area contributed by atoms with Crippen LogP contribution in [0.15, 0.2) is 29.3 Å². The van der Waals surface area contributed by atoms with Crippen LogP contribution in [-0.4, -0.2) is 59.0 Å². The van der Waals surface area contributed by atoms with E-state index in [-0.39, 0.29) is 44.7 Å². The van der Waals surface area contributed by atoms with Crippen LogP contribution in [0.5, 0.6) is 0 Å². The van der Waals surface area contributed by atoms with Crippen molar-refractivity contribution in [1.82, 2.24) is 10.2 Å². The van der Waals surface area contributed by atoms with Crippen LogP contribution in [0, 0.1) is 3.57 Å². The molecule has 1 aromatic carbocycles. The molecule has 6 N–H and O–H groups in total. The molecule has 0 aliphatic rings. The summed E-state index contributed by atoms with van der Waals surface area (Å²) in [4.78, 5) is 53.8. The minimum atomic E-state index is -2.07. The number of methoxy groups -OCH3 is 1. The second kappa shape index (κ2) is 13.0. The van der Waals surface area contributed by atoms with Crippen molar-refractivity contribution in [3.05, 3.63) is 33.4 Å².